The first-order chi connectivity index (χ1) is 8.19. The maximum absolute atomic E-state index is 11.8. The third-order valence-electron chi connectivity index (χ3n) is 4.39. The molecule has 0 aromatic rings. The minimum absolute atomic E-state index is 0.100. The Kier molecular flexibility index (Phi) is 4.05. The Bertz CT molecular complexity index is 266. The van der Waals surface area contributed by atoms with Gasteiger partial charge in [-0.1, -0.05) is 19.3 Å². The summed E-state index contributed by atoms with van der Waals surface area (Å²) in [5, 5.41) is 3.49. The van der Waals surface area contributed by atoms with Crippen LogP contribution in [0.25, 0.3) is 0 Å². The van der Waals surface area contributed by atoms with Crippen molar-refractivity contribution in [2.45, 2.75) is 50.6 Å². The number of carbonyl (C=O) groups is 1. The van der Waals surface area contributed by atoms with Gasteiger partial charge < -0.3 is 10.1 Å². The molecule has 2 fully saturated rings. The third kappa shape index (κ3) is 2.47. The zero-order chi connectivity index (χ0) is 12.3. The van der Waals surface area contributed by atoms with Crippen LogP contribution in [-0.4, -0.2) is 49.2 Å². The zero-order valence-electron chi connectivity index (χ0n) is 11.0. The quantitative estimate of drug-likeness (QED) is 0.735. The van der Waals surface area contributed by atoms with Gasteiger partial charge in [-0.05, 0) is 19.8 Å². The average molecular weight is 240 g/mol. The summed E-state index contributed by atoms with van der Waals surface area (Å²) >= 11 is 0. The number of nitrogens with one attached hydrogen (secondary N) is 1. The fourth-order valence-electron chi connectivity index (χ4n) is 3.44. The van der Waals surface area contributed by atoms with Crippen molar-refractivity contribution in [3.05, 3.63) is 0 Å². The van der Waals surface area contributed by atoms with E-state index in [4.69, 9.17) is 4.74 Å². The van der Waals surface area contributed by atoms with E-state index in [1.165, 1.54) is 39.2 Å². The minimum atomic E-state index is -0.111. The molecule has 2 aliphatic rings. The van der Waals surface area contributed by atoms with Crippen molar-refractivity contribution in [2.24, 2.45) is 0 Å². The molecule has 98 valence electrons. The van der Waals surface area contributed by atoms with Gasteiger partial charge in [-0.15, -0.1) is 0 Å². The number of rotatable bonds is 2. The average Bonchev–Trinajstić information content (AvgIpc) is 2.38. The van der Waals surface area contributed by atoms with E-state index in [0.717, 1.165) is 19.6 Å². The van der Waals surface area contributed by atoms with Gasteiger partial charge in [-0.2, -0.15) is 0 Å². The smallest absolute Gasteiger partial charge is 0.322 e. The van der Waals surface area contributed by atoms with Crippen LogP contribution >= 0.6 is 0 Å². The van der Waals surface area contributed by atoms with Gasteiger partial charge in [0.2, 0.25) is 0 Å². The van der Waals surface area contributed by atoms with Crippen LogP contribution in [0.5, 0.6) is 0 Å². The van der Waals surface area contributed by atoms with E-state index >= 15 is 0 Å². The fraction of sp³-hybridized carbons (Fsp3) is 0.923. The molecule has 1 N–H and O–H groups in total. The molecule has 0 bridgehead atoms. The minimum Gasteiger partial charge on any atom is -0.468 e. The molecule has 1 saturated carbocycles. The van der Waals surface area contributed by atoms with E-state index < -0.39 is 0 Å². The largest absolute Gasteiger partial charge is 0.468 e. The molecule has 1 spiro atoms. The lowest BCUT2D eigenvalue weighted by molar-refractivity contribution is -0.150. The Hall–Kier alpha value is -0.610. The second kappa shape index (κ2) is 5.36. The van der Waals surface area contributed by atoms with Crippen LogP contribution in [0.15, 0.2) is 0 Å². The van der Waals surface area contributed by atoms with Gasteiger partial charge in [0.15, 0.2) is 0 Å². The number of esters is 1. The molecule has 1 aliphatic heterocycles. The van der Waals surface area contributed by atoms with E-state index in [1.807, 2.05) is 6.92 Å². The molecule has 1 aliphatic carbocycles. The monoisotopic (exact) mass is 240 g/mol. The second-order valence-electron chi connectivity index (χ2n) is 5.35. The van der Waals surface area contributed by atoms with Crippen molar-refractivity contribution in [3.8, 4) is 0 Å². The van der Waals surface area contributed by atoms with Crippen LogP contribution in [-0.2, 0) is 9.53 Å². The molecule has 1 heterocycles. The summed E-state index contributed by atoms with van der Waals surface area (Å²) in [7, 11) is 1.48. The number of hydrogen-bond donors (Lipinski definition) is 1. The Morgan fingerprint density at radius 2 is 2.06 bits per heavy atom. The maximum Gasteiger partial charge on any atom is 0.322 e. The van der Waals surface area contributed by atoms with Gasteiger partial charge in [0, 0.05) is 25.2 Å². The summed E-state index contributed by atoms with van der Waals surface area (Å²) in [5.41, 5.74) is 0.199. The van der Waals surface area contributed by atoms with E-state index in [0.29, 0.717) is 0 Å². The summed E-state index contributed by atoms with van der Waals surface area (Å²) in [6.07, 6.45) is 6.32. The molecule has 4 nitrogen and oxygen atoms in total. The van der Waals surface area contributed by atoms with Crippen molar-refractivity contribution < 1.29 is 9.53 Å². The predicted molar refractivity (Wildman–Crippen MR) is 66.9 cm³/mol. The summed E-state index contributed by atoms with van der Waals surface area (Å²) in [6.45, 7) is 4.93. The Labute approximate surface area is 104 Å². The first-order valence-electron chi connectivity index (χ1n) is 6.75. The number of piperazine rings is 1. The number of nitrogens with zero attached hydrogens (tertiary/aromatic N) is 1. The topological polar surface area (TPSA) is 41.6 Å². The molecule has 0 amide bonds. The predicted octanol–water partition coefficient (Wildman–Crippen LogP) is 1.16. The normalized spacial score (nSPS) is 26.7. The highest BCUT2D eigenvalue weighted by Crippen LogP contribution is 2.35. The van der Waals surface area contributed by atoms with Crippen molar-refractivity contribution in [1.82, 2.24) is 10.2 Å². The lowest BCUT2D eigenvalue weighted by atomic mass is 9.78. The van der Waals surface area contributed by atoms with E-state index in [1.54, 1.807) is 0 Å². The molecular formula is C13H24N2O2. The molecule has 1 unspecified atom stereocenters. The molecular weight excluding hydrogens is 216 g/mol. The van der Waals surface area contributed by atoms with Crippen molar-refractivity contribution >= 4 is 5.97 Å². The molecule has 2 rings (SSSR count). The summed E-state index contributed by atoms with van der Waals surface area (Å²) < 4.78 is 4.90. The van der Waals surface area contributed by atoms with Gasteiger partial charge in [-0.3, -0.25) is 9.69 Å². The lowest BCUT2D eigenvalue weighted by Crippen LogP contribution is -2.65. The van der Waals surface area contributed by atoms with Crippen molar-refractivity contribution in [3.63, 3.8) is 0 Å². The van der Waals surface area contributed by atoms with Gasteiger partial charge in [-0.25, -0.2) is 0 Å². The number of ether oxygens (including phenoxy) is 1. The van der Waals surface area contributed by atoms with Gasteiger partial charge in [0.1, 0.15) is 6.04 Å². The molecule has 0 radical (unpaired) electrons. The van der Waals surface area contributed by atoms with Crippen LogP contribution in [0.1, 0.15) is 39.0 Å². The summed E-state index contributed by atoms with van der Waals surface area (Å²) in [6, 6.07) is -0.111. The standard InChI is InChI=1S/C13H24N2O2/c1-11(12(16)17-2)15-9-8-14-10-13(15)6-4-3-5-7-13/h11,14H,3-10H2,1-2H3. The van der Waals surface area contributed by atoms with Crippen LogP contribution in [0.4, 0.5) is 0 Å². The van der Waals surface area contributed by atoms with E-state index in [-0.39, 0.29) is 17.6 Å². The van der Waals surface area contributed by atoms with Crippen LogP contribution in [0.3, 0.4) is 0 Å². The van der Waals surface area contributed by atoms with E-state index in [9.17, 15) is 4.79 Å². The zero-order valence-corrected chi connectivity index (χ0v) is 11.0. The van der Waals surface area contributed by atoms with E-state index in [2.05, 4.69) is 10.2 Å². The molecule has 4 heteroatoms. The van der Waals surface area contributed by atoms with Crippen molar-refractivity contribution in [1.29, 1.82) is 0 Å². The fourth-order valence-corrected chi connectivity index (χ4v) is 3.44. The maximum atomic E-state index is 11.8. The number of hydrogen-bond acceptors (Lipinski definition) is 4. The van der Waals surface area contributed by atoms with Gasteiger partial charge >= 0.3 is 5.97 Å². The SMILES string of the molecule is COC(=O)C(C)N1CCNCC12CCCCC2. The van der Waals surface area contributed by atoms with Gasteiger partial charge in [0.05, 0.1) is 7.11 Å². The summed E-state index contributed by atoms with van der Waals surface area (Å²) in [4.78, 5) is 14.1. The Morgan fingerprint density at radius 1 is 1.35 bits per heavy atom. The Morgan fingerprint density at radius 3 is 2.71 bits per heavy atom. The van der Waals surface area contributed by atoms with Crippen LogP contribution in [0, 0.1) is 0 Å². The number of carbonyl (C=O) groups excluding carboxylic acids is 1. The first-order valence-corrected chi connectivity index (χ1v) is 6.75. The molecule has 0 aromatic heterocycles. The number of methoxy groups -OCH3 is 1. The molecule has 1 saturated heterocycles. The molecule has 17 heavy (non-hydrogen) atoms. The molecule has 1 atom stereocenters. The first kappa shape index (κ1) is 12.8. The third-order valence-corrected chi connectivity index (χ3v) is 4.39. The highest BCUT2D eigenvalue weighted by molar-refractivity contribution is 5.75. The Balaban J connectivity index is 2.13. The molecule has 0 aromatic carbocycles. The van der Waals surface area contributed by atoms with Crippen molar-refractivity contribution in [2.75, 3.05) is 26.7 Å². The lowest BCUT2D eigenvalue weighted by Gasteiger charge is -2.51. The van der Waals surface area contributed by atoms with Crippen LogP contribution in [0.2, 0.25) is 0 Å². The summed E-state index contributed by atoms with van der Waals surface area (Å²) in [5.74, 6) is -0.100. The second-order valence-corrected chi connectivity index (χ2v) is 5.35. The van der Waals surface area contributed by atoms with Crippen LogP contribution < -0.4 is 5.32 Å². The highest BCUT2D eigenvalue weighted by atomic mass is 16.5. The highest BCUT2D eigenvalue weighted by Gasteiger charge is 2.43. The van der Waals surface area contributed by atoms with Gasteiger partial charge in [0.25, 0.3) is 0 Å².